The van der Waals surface area contributed by atoms with Crippen LogP contribution in [0.15, 0.2) is 48.9 Å². The largest absolute Gasteiger partial charge is 0.481 e. The summed E-state index contributed by atoms with van der Waals surface area (Å²) in [6.07, 6.45) is 5.04. The van der Waals surface area contributed by atoms with E-state index in [1.165, 1.54) is 6.33 Å². The third-order valence-corrected chi connectivity index (χ3v) is 4.63. The molecule has 1 aromatic carbocycles. The highest BCUT2D eigenvalue weighted by atomic mass is 16.4. The fourth-order valence-electron chi connectivity index (χ4n) is 3.09. The quantitative estimate of drug-likeness (QED) is 0.427. The smallest absolute Gasteiger partial charge is 0.304 e. The topological polar surface area (TPSA) is 130 Å². The first kappa shape index (κ1) is 22.3. The van der Waals surface area contributed by atoms with Crippen molar-refractivity contribution in [3.63, 3.8) is 0 Å². The Labute approximate surface area is 181 Å². The SMILES string of the molecule is CN(CCC(=O)O)Cc1cccc(Nc2ncnc(-c3ccnc(CCCN)c3)n2)c1. The maximum absolute atomic E-state index is 10.7. The summed E-state index contributed by atoms with van der Waals surface area (Å²) in [5, 5.41) is 12.1. The molecule has 0 saturated heterocycles. The zero-order chi connectivity index (χ0) is 22.1. The molecule has 0 atom stereocenters. The highest BCUT2D eigenvalue weighted by Crippen LogP contribution is 2.19. The van der Waals surface area contributed by atoms with Crippen LogP contribution in [0.25, 0.3) is 11.4 Å². The number of aliphatic carboxylic acids is 1. The minimum Gasteiger partial charge on any atom is -0.481 e. The second-order valence-electron chi connectivity index (χ2n) is 7.27. The molecule has 3 rings (SSSR count). The van der Waals surface area contributed by atoms with E-state index in [-0.39, 0.29) is 6.42 Å². The Morgan fingerprint density at radius 2 is 2.06 bits per heavy atom. The number of benzene rings is 1. The second-order valence-corrected chi connectivity index (χ2v) is 7.27. The molecule has 3 aromatic rings. The molecule has 2 aromatic heterocycles. The molecule has 0 amide bonds. The van der Waals surface area contributed by atoms with Crippen LogP contribution in [0.4, 0.5) is 11.6 Å². The molecule has 0 bridgehead atoms. The van der Waals surface area contributed by atoms with E-state index in [1.54, 1.807) is 6.20 Å². The molecule has 0 aliphatic rings. The fraction of sp³-hybridized carbons (Fsp3) is 0.318. The number of rotatable bonds is 11. The second kappa shape index (κ2) is 11.1. The highest BCUT2D eigenvalue weighted by molar-refractivity contribution is 5.66. The molecule has 2 heterocycles. The minimum atomic E-state index is -0.798. The Balaban J connectivity index is 1.69. The van der Waals surface area contributed by atoms with Gasteiger partial charge in [-0.1, -0.05) is 12.1 Å². The van der Waals surface area contributed by atoms with E-state index in [9.17, 15) is 4.79 Å². The summed E-state index contributed by atoms with van der Waals surface area (Å²) in [5.74, 6) is 0.216. The lowest BCUT2D eigenvalue weighted by Gasteiger charge is -2.16. The van der Waals surface area contributed by atoms with Gasteiger partial charge in [-0.3, -0.25) is 9.78 Å². The molecule has 0 radical (unpaired) electrons. The van der Waals surface area contributed by atoms with Gasteiger partial charge in [0.15, 0.2) is 5.82 Å². The van der Waals surface area contributed by atoms with E-state index in [1.807, 2.05) is 48.3 Å². The number of carboxylic acids is 1. The van der Waals surface area contributed by atoms with Crippen molar-refractivity contribution in [3.8, 4) is 11.4 Å². The molecule has 0 fully saturated rings. The third-order valence-electron chi connectivity index (χ3n) is 4.63. The predicted octanol–water partition coefficient (Wildman–Crippen LogP) is 2.47. The first-order valence-electron chi connectivity index (χ1n) is 10.1. The molecule has 0 spiro atoms. The number of aryl methyl sites for hydroxylation is 1. The Kier molecular flexibility index (Phi) is 7.97. The molecule has 4 N–H and O–H groups in total. The summed E-state index contributed by atoms with van der Waals surface area (Å²) in [5.41, 5.74) is 9.33. The van der Waals surface area contributed by atoms with Gasteiger partial charge in [-0.15, -0.1) is 0 Å². The standard InChI is InChI=1S/C22H27N7O2/c1-29(11-8-20(30)31)14-16-4-2-5-19(12-16)27-22-26-15-25-21(28-22)17-7-10-24-18(13-17)6-3-9-23/h2,4-5,7,10,12-13,15H,3,6,8-9,11,14,23H2,1H3,(H,30,31)(H,25,26,27,28). The van der Waals surface area contributed by atoms with Gasteiger partial charge in [0.1, 0.15) is 6.33 Å². The van der Waals surface area contributed by atoms with Gasteiger partial charge in [-0.25, -0.2) is 9.97 Å². The normalized spacial score (nSPS) is 10.9. The zero-order valence-electron chi connectivity index (χ0n) is 17.5. The summed E-state index contributed by atoms with van der Waals surface area (Å²) in [6, 6.07) is 11.7. The van der Waals surface area contributed by atoms with E-state index < -0.39 is 5.97 Å². The number of carboxylic acid groups (broad SMARTS) is 1. The van der Waals surface area contributed by atoms with Gasteiger partial charge in [0, 0.05) is 36.2 Å². The number of nitrogens with one attached hydrogen (secondary N) is 1. The Morgan fingerprint density at radius 3 is 2.87 bits per heavy atom. The lowest BCUT2D eigenvalue weighted by Crippen LogP contribution is -2.21. The van der Waals surface area contributed by atoms with Gasteiger partial charge in [0.2, 0.25) is 5.95 Å². The number of hydrogen-bond donors (Lipinski definition) is 3. The molecule has 162 valence electrons. The lowest BCUT2D eigenvalue weighted by molar-refractivity contribution is -0.137. The van der Waals surface area contributed by atoms with Crippen LogP contribution in [0.2, 0.25) is 0 Å². The Morgan fingerprint density at radius 1 is 1.19 bits per heavy atom. The molecular weight excluding hydrogens is 394 g/mol. The molecule has 0 aliphatic heterocycles. The van der Waals surface area contributed by atoms with Crippen LogP contribution in [0.3, 0.4) is 0 Å². The summed E-state index contributed by atoms with van der Waals surface area (Å²) >= 11 is 0. The molecule has 0 aliphatic carbocycles. The van der Waals surface area contributed by atoms with Crippen LogP contribution in [-0.4, -0.2) is 56.0 Å². The maximum atomic E-state index is 10.7. The van der Waals surface area contributed by atoms with E-state index in [4.69, 9.17) is 10.8 Å². The van der Waals surface area contributed by atoms with Gasteiger partial charge in [0.05, 0.1) is 6.42 Å². The molecule has 31 heavy (non-hydrogen) atoms. The lowest BCUT2D eigenvalue weighted by atomic mass is 10.1. The van der Waals surface area contributed by atoms with Crippen molar-refractivity contribution in [3.05, 3.63) is 60.2 Å². The first-order chi connectivity index (χ1) is 15.0. The van der Waals surface area contributed by atoms with Crippen LogP contribution in [0.5, 0.6) is 0 Å². The van der Waals surface area contributed by atoms with Crippen LogP contribution < -0.4 is 11.1 Å². The van der Waals surface area contributed by atoms with Gasteiger partial charge in [-0.05, 0) is 56.3 Å². The fourth-order valence-corrected chi connectivity index (χ4v) is 3.09. The number of anilines is 2. The summed E-state index contributed by atoms with van der Waals surface area (Å²) in [4.78, 5) is 30.1. The number of nitrogens with two attached hydrogens (primary N) is 1. The van der Waals surface area contributed by atoms with E-state index >= 15 is 0 Å². The number of nitrogens with zero attached hydrogens (tertiary/aromatic N) is 5. The van der Waals surface area contributed by atoms with Crippen LogP contribution in [0, 0.1) is 0 Å². The van der Waals surface area contributed by atoms with E-state index in [0.717, 1.165) is 35.3 Å². The molecule has 9 nitrogen and oxygen atoms in total. The van der Waals surface area contributed by atoms with Crippen LogP contribution >= 0.6 is 0 Å². The average Bonchev–Trinajstić information content (AvgIpc) is 2.77. The third kappa shape index (κ3) is 7.09. The van der Waals surface area contributed by atoms with Crippen molar-refractivity contribution < 1.29 is 9.90 Å². The van der Waals surface area contributed by atoms with Crippen LogP contribution in [0.1, 0.15) is 24.1 Å². The monoisotopic (exact) mass is 421 g/mol. The van der Waals surface area contributed by atoms with Crippen molar-refractivity contribution in [2.75, 3.05) is 25.5 Å². The predicted molar refractivity (Wildman–Crippen MR) is 119 cm³/mol. The Bertz CT molecular complexity index is 1010. The van der Waals surface area contributed by atoms with Crippen molar-refractivity contribution in [2.45, 2.75) is 25.8 Å². The van der Waals surface area contributed by atoms with Crippen molar-refractivity contribution >= 4 is 17.6 Å². The summed E-state index contributed by atoms with van der Waals surface area (Å²) < 4.78 is 0. The van der Waals surface area contributed by atoms with Crippen molar-refractivity contribution in [2.24, 2.45) is 5.73 Å². The molecule has 0 saturated carbocycles. The minimum absolute atomic E-state index is 0.116. The van der Waals surface area contributed by atoms with Crippen molar-refractivity contribution in [1.82, 2.24) is 24.8 Å². The van der Waals surface area contributed by atoms with E-state index in [0.29, 0.717) is 31.4 Å². The zero-order valence-corrected chi connectivity index (χ0v) is 17.5. The van der Waals surface area contributed by atoms with Crippen molar-refractivity contribution in [1.29, 1.82) is 0 Å². The first-order valence-corrected chi connectivity index (χ1v) is 10.1. The highest BCUT2D eigenvalue weighted by Gasteiger charge is 2.08. The summed E-state index contributed by atoms with van der Waals surface area (Å²) in [7, 11) is 1.90. The number of pyridine rings is 1. The average molecular weight is 422 g/mol. The number of carbonyl (C=O) groups is 1. The molecule has 9 heteroatoms. The molecule has 0 unspecified atom stereocenters. The van der Waals surface area contributed by atoms with Crippen LogP contribution in [-0.2, 0) is 17.8 Å². The maximum Gasteiger partial charge on any atom is 0.304 e. The number of hydrogen-bond acceptors (Lipinski definition) is 8. The van der Waals surface area contributed by atoms with Gasteiger partial charge >= 0.3 is 5.97 Å². The molecular formula is C22H27N7O2. The summed E-state index contributed by atoms with van der Waals surface area (Å²) in [6.45, 7) is 1.76. The van der Waals surface area contributed by atoms with E-state index in [2.05, 4.69) is 25.3 Å². The number of aromatic nitrogens is 4. The van der Waals surface area contributed by atoms with Gasteiger partial charge in [-0.2, -0.15) is 4.98 Å². The Hall–Kier alpha value is -3.43. The van der Waals surface area contributed by atoms with Gasteiger partial charge < -0.3 is 21.1 Å². The van der Waals surface area contributed by atoms with Gasteiger partial charge in [0.25, 0.3) is 0 Å².